The highest BCUT2D eigenvalue weighted by Crippen LogP contribution is 2.41. The Balaban J connectivity index is 2.18. The van der Waals surface area contributed by atoms with Gasteiger partial charge in [-0.25, -0.2) is 0 Å². The number of hydrogen-bond acceptors (Lipinski definition) is 14. The fourth-order valence-corrected chi connectivity index (χ4v) is 8.59. The number of likely N-dealkylation sites (N-methyl/N-ethyl adjacent to an activating group) is 1. The van der Waals surface area contributed by atoms with Crippen molar-refractivity contribution in [2.75, 3.05) is 21.2 Å². The molecule has 3 aliphatic heterocycles. The summed E-state index contributed by atoms with van der Waals surface area (Å²) < 4.78 is 37.2. The summed E-state index contributed by atoms with van der Waals surface area (Å²) in [7, 11) is 5.20. The highest BCUT2D eigenvalue weighted by Gasteiger charge is 2.53. The maximum Gasteiger partial charge on any atom is 0.311 e. The Bertz CT molecular complexity index is 1120. The first-order valence-electron chi connectivity index (χ1n) is 18.6. The van der Waals surface area contributed by atoms with Gasteiger partial charge in [-0.3, -0.25) is 4.79 Å². The predicted octanol–water partition coefficient (Wildman–Crippen LogP) is 1.58. The zero-order chi connectivity index (χ0) is 39.0. The molecular weight excluding hydrogens is 666 g/mol. The molecule has 14 heteroatoms. The summed E-state index contributed by atoms with van der Waals surface area (Å²) in [5, 5.41) is 69.3. The van der Waals surface area contributed by atoms with E-state index in [0.717, 1.165) is 0 Å². The molecule has 3 saturated heterocycles. The Hall–Kier alpha value is -1.01. The third-order valence-corrected chi connectivity index (χ3v) is 12.0. The molecule has 3 aliphatic rings. The maximum absolute atomic E-state index is 14.1. The van der Waals surface area contributed by atoms with Gasteiger partial charge in [0.05, 0.1) is 53.7 Å². The normalized spacial score (nSPS) is 51.2. The Labute approximate surface area is 304 Å². The maximum atomic E-state index is 14.1. The number of nitrogens with zero attached hydrogens (tertiary/aromatic N) is 1. The molecule has 51 heavy (non-hydrogen) atoms. The fraction of sp³-hybridized carbons (Fsp3) is 0.973. The molecule has 19 atom stereocenters. The quantitative estimate of drug-likeness (QED) is 0.206. The molecule has 1 unspecified atom stereocenters. The zero-order valence-corrected chi connectivity index (χ0v) is 33.1. The van der Waals surface area contributed by atoms with Crippen LogP contribution in [0.1, 0.15) is 94.9 Å². The molecular formula is C37H69NO13. The van der Waals surface area contributed by atoms with Crippen molar-refractivity contribution < 1.29 is 63.9 Å². The molecule has 0 bridgehead atoms. The molecule has 0 aromatic rings. The van der Waals surface area contributed by atoms with E-state index in [0.29, 0.717) is 6.42 Å². The van der Waals surface area contributed by atoms with Crippen LogP contribution in [0.2, 0.25) is 0 Å². The van der Waals surface area contributed by atoms with Crippen LogP contribution < -0.4 is 0 Å². The monoisotopic (exact) mass is 735 g/mol. The number of carbonyl (C=O) groups is 1. The van der Waals surface area contributed by atoms with Crippen molar-refractivity contribution in [3.05, 3.63) is 0 Å². The van der Waals surface area contributed by atoms with Crippen LogP contribution in [0.3, 0.4) is 0 Å². The van der Waals surface area contributed by atoms with E-state index < -0.39 is 108 Å². The first-order chi connectivity index (χ1) is 23.4. The van der Waals surface area contributed by atoms with E-state index in [2.05, 4.69) is 0 Å². The SMILES string of the molecule is CCC1OC(=O)[C@H](C)[C@@H](O[C@H]2C[C@@](C)(OC)[C@@H](O)[C@H](C)O2)[C@H](C)[C@@H](O[C@@H]2O[C@H](C)C[C@H](N(C)C)[C@H]2O)[C@](C)(O)C[C@@H](C)[C@H](O)[C@H](C)[C@@H](O)[C@]1(C)O. The first kappa shape index (κ1) is 44.4. The Kier molecular flexibility index (Phi) is 15.0. The molecule has 6 N–H and O–H groups in total. The summed E-state index contributed by atoms with van der Waals surface area (Å²) in [5.41, 5.74) is -4.71. The summed E-state index contributed by atoms with van der Waals surface area (Å²) in [6.07, 6.45) is -10.5. The van der Waals surface area contributed by atoms with E-state index in [-0.39, 0.29) is 31.4 Å². The summed E-state index contributed by atoms with van der Waals surface area (Å²) in [4.78, 5) is 16.0. The molecule has 0 aliphatic carbocycles. The van der Waals surface area contributed by atoms with Crippen LogP contribution in [0, 0.1) is 23.7 Å². The summed E-state index contributed by atoms with van der Waals surface area (Å²) >= 11 is 0. The number of methoxy groups -OCH3 is 1. The van der Waals surface area contributed by atoms with Gasteiger partial charge in [-0.2, -0.15) is 0 Å². The number of aliphatic hydroxyl groups is 6. The predicted molar refractivity (Wildman–Crippen MR) is 187 cm³/mol. The van der Waals surface area contributed by atoms with E-state index in [1.807, 2.05) is 25.9 Å². The lowest BCUT2D eigenvalue weighted by molar-refractivity contribution is -0.318. The number of hydrogen-bond donors (Lipinski definition) is 6. The third-order valence-electron chi connectivity index (χ3n) is 12.0. The lowest BCUT2D eigenvalue weighted by Gasteiger charge is -2.49. The van der Waals surface area contributed by atoms with Crippen molar-refractivity contribution in [3.8, 4) is 0 Å². The van der Waals surface area contributed by atoms with Crippen molar-refractivity contribution in [1.82, 2.24) is 4.90 Å². The average Bonchev–Trinajstić information content (AvgIpc) is 3.05. The van der Waals surface area contributed by atoms with Gasteiger partial charge in [0, 0.05) is 31.4 Å². The van der Waals surface area contributed by atoms with Crippen LogP contribution in [0.5, 0.6) is 0 Å². The standard InChI is InChI=1S/C37H69NO13/c1-14-25-37(10,45)30(41)20(4)27(39)18(2)16-35(8,44)32(51-34-28(40)24(38(11)12)15-19(3)47-34)21(5)29(22(6)33(43)49-25)50-26-17-36(9,46-13)31(42)23(7)48-26/h18-32,34,39-42,44-45H,14-17H2,1-13H3/t18-,19-,20+,21+,22-,23+,24+,25?,26+,27+,28-,29+,30-,31+,32-,34+,35-,36-,37-/m1/s1. The second-order valence-electron chi connectivity index (χ2n) is 16.7. The highest BCUT2D eigenvalue weighted by molar-refractivity contribution is 5.73. The molecule has 0 saturated carbocycles. The molecule has 0 aromatic carbocycles. The van der Waals surface area contributed by atoms with Crippen LogP contribution in [0.15, 0.2) is 0 Å². The van der Waals surface area contributed by atoms with Gasteiger partial charge in [0.2, 0.25) is 0 Å². The topological polar surface area (TPSA) is 197 Å². The zero-order valence-electron chi connectivity index (χ0n) is 33.1. The molecule has 0 spiro atoms. The molecule has 300 valence electrons. The number of carbonyl (C=O) groups excluding carboxylic acids is 1. The number of esters is 1. The van der Waals surface area contributed by atoms with Gasteiger partial charge in [-0.05, 0) is 80.8 Å². The van der Waals surface area contributed by atoms with E-state index in [4.69, 9.17) is 28.4 Å². The van der Waals surface area contributed by atoms with Crippen LogP contribution in [-0.4, -0.2) is 153 Å². The van der Waals surface area contributed by atoms with E-state index in [1.165, 1.54) is 14.0 Å². The smallest absolute Gasteiger partial charge is 0.311 e. The second kappa shape index (κ2) is 17.2. The first-order valence-corrected chi connectivity index (χ1v) is 18.6. The third kappa shape index (κ3) is 9.63. The number of cyclic esters (lactones) is 1. The van der Waals surface area contributed by atoms with Gasteiger partial charge in [-0.1, -0.05) is 27.7 Å². The van der Waals surface area contributed by atoms with Crippen LogP contribution in [0.25, 0.3) is 0 Å². The van der Waals surface area contributed by atoms with Gasteiger partial charge in [-0.15, -0.1) is 0 Å². The molecule has 3 fully saturated rings. The number of aliphatic hydroxyl groups excluding tert-OH is 4. The largest absolute Gasteiger partial charge is 0.459 e. The van der Waals surface area contributed by atoms with Crippen molar-refractivity contribution in [2.24, 2.45) is 23.7 Å². The highest BCUT2D eigenvalue weighted by atomic mass is 16.7. The molecule has 3 rings (SSSR count). The van der Waals surface area contributed by atoms with Crippen LogP contribution >= 0.6 is 0 Å². The van der Waals surface area contributed by atoms with Crippen molar-refractivity contribution in [1.29, 1.82) is 0 Å². The van der Waals surface area contributed by atoms with E-state index in [9.17, 15) is 35.4 Å². The summed E-state index contributed by atoms with van der Waals surface area (Å²) in [5.74, 6) is -4.11. The van der Waals surface area contributed by atoms with E-state index >= 15 is 0 Å². The Morgan fingerprint density at radius 2 is 1.47 bits per heavy atom. The van der Waals surface area contributed by atoms with Gasteiger partial charge in [0.15, 0.2) is 12.6 Å². The van der Waals surface area contributed by atoms with E-state index in [1.54, 1.807) is 55.4 Å². The number of ether oxygens (including phenoxy) is 6. The lowest BCUT2D eigenvalue weighted by Crippen LogP contribution is -2.61. The van der Waals surface area contributed by atoms with Crippen molar-refractivity contribution >= 4 is 5.97 Å². The van der Waals surface area contributed by atoms with Gasteiger partial charge in [0.25, 0.3) is 0 Å². The van der Waals surface area contributed by atoms with Gasteiger partial charge in [0.1, 0.15) is 23.9 Å². The lowest BCUT2D eigenvalue weighted by atomic mass is 9.73. The molecule has 3 heterocycles. The fourth-order valence-electron chi connectivity index (χ4n) is 8.59. The summed E-state index contributed by atoms with van der Waals surface area (Å²) in [6.45, 7) is 16.7. The minimum atomic E-state index is -1.93. The Morgan fingerprint density at radius 1 is 0.863 bits per heavy atom. The van der Waals surface area contributed by atoms with Gasteiger partial charge < -0.3 is 64.0 Å². The Morgan fingerprint density at radius 3 is 2.02 bits per heavy atom. The van der Waals surface area contributed by atoms with Crippen LogP contribution in [-0.2, 0) is 33.2 Å². The van der Waals surface area contributed by atoms with Crippen LogP contribution in [0.4, 0.5) is 0 Å². The van der Waals surface area contributed by atoms with Crippen molar-refractivity contribution in [3.63, 3.8) is 0 Å². The average molecular weight is 736 g/mol. The molecule has 14 nitrogen and oxygen atoms in total. The molecule has 0 radical (unpaired) electrons. The minimum absolute atomic E-state index is 0.0362. The van der Waals surface area contributed by atoms with Gasteiger partial charge >= 0.3 is 5.97 Å². The van der Waals surface area contributed by atoms with Crippen molar-refractivity contribution in [2.45, 2.75) is 185 Å². The summed E-state index contributed by atoms with van der Waals surface area (Å²) in [6, 6.07) is -0.310. The second-order valence-corrected chi connectivity index (χ2v) is 16.7. The minimum Gasteiger partial charge on any atom is -0.459 e. The molecule has 0 aromatic heterocycles. The number of rotatable bonds is 7. The molecule has 0 amide bonds.